The molecule has 0 unspecified atom stereocenters. The molecule has 1 amide bonds. The fourth-order valence-electron chi connectivity index (χ4n) is 2.25. The zero-order chi connectivity index (χ0) is 15.0. The number of aryl methyl sites for hydroxylation is 2. The van der Waals surface area contributed by atoms with E-state index in [1.54, 1.807) is 10.9 Å². The standard InChI is InChI=1S/C14H15N5OS/c1-8-10-11(15)12(21-14(10)19(2)18-8)13(20)17-7-9-5-3-4-6-16-9/h3-6H,7,15H2,1-2H3,(H,17,20). The third-order valence-electron chi connectivity index (χ3n) is 3.24. The molecule has 0 saturated heterocycles. The number of carbonyl (C=O) groups excluding carboxylic acids is 1. The average molecular weight is 301 g/mol. The van der Waals surface area contributed by atoms with E-state index in [9.17, 15) is 4.79 Å². The number of pyridine rings is 1. The highest BCUT2D eigenvalue weighted by molar-refractivity contribution is 7.21. The molecule has 3 heterocycles. The SMILES string of the molecule is Cc1nn(C)c2sc(C(=O)NCc3ccccn3)c(N)c12. The highest BCUT2D eigenvalue weighted by Gasteiger charge is 2.20. The second kappa shape index (κ2) is 5.17. The summed E-state index contributed by atoms with van der Waals surface area (Å²) in [6.45, 7) is 2.27. The van der Waals surface area contributed by atoms with Crippen LogP contribution in [0, 0.1) is 6.92 Å². The molecule has 0 bridgehead atoms. The molecule has 3 aromatic heterocycles. The molecule has 3 rings (SSSR count). The molecule has 0 spiro atoms. The zero-order valence-electron chi connectivity index (χ0n) is 11.8. The second-order valence-electron chi connectivity index (χ2n) is 4.74. The number of nitrogens with two attached hydrogens (primary N) is 1. The number of aromatic nitrogens is 3. The fourth-order valence-corrected chi connectivity index (χ4v) is 3.35. The van der Waals surface area contributed by atoms with Crippen molar-refractivity contribution in [3.63, 3.8) is 0 Å². The Morgan fingerprint density at radius 2 is 2.29 bits per heavy atom. The summed E-state index contributed by atoms with van der Waals surface area (Å²) in [5.41, 5.74) is 8.25. The Labute approximate surface area is 125 Å². The molecule has 6 nitrogen and oxygen atoms in total. The van der Waals surface area contributed by atoms with E-state index < -0.39 is 0 Å². The van der Waals surface area contributed by atoms with Gasteiger partial charge in [0.25, 0.3) is 5.91 Å². The summed E-state index contributed by atoms with van der Waals surface area (Å²) in [7, 11) is 1.85. The first kappa shape index (κ1) is 13.6. The van der Waals surface area contributed by atoms with Gasteiger partial charge in [-0.25, -0.2) is 0 Å². The Morgan fingerprint density at radius 1 is 1.48 bits per heavy atom. The molecule has 0 fully saturated rings. The number of thiophene rings is 1. The Morgan fingerprint density at radius 3 is 2.95 bits per heavy atom. The van der Waals surface area contributed by atoms with Crippen molar-refractivity contribution in [2.75, 3.05) is 5.73 Å². The lowest BCUT2D eigenvalue weighted by Gasteiger charge is -2.03. The highest BCUT2D eigenvalue weighted by atomic mass is 32.1. The topological polar surface area (TPSA) is 85.8 Å². The number of hydrogen-bond donors (Lipinski definition) is 2. The van der Waals surface area contributed by atoms with Crippen molar-refractivity contribution in [2.45, 2.75) is 13.5 Å². The fraction of sp³-hybridized carbons (Fsp3) is 0.214. The Bertz CT molecular complexity index is 806. The van der Waals surface area contributed by atoms with Crippen molar-refractivity contribution in [1.82, 2.24) is 20.1 Å². The molecular formula is C14H15N5OS. The van der Waals surface area contributed by atoms with E-state index >= 15 is 0 Å². The second-order valence-corrected chi connectivity index (χ2v) is 5.74. The van der Waals surface area contributed by atoms with Crippen LogP contribution in [0.2, 0.25) is 0 Å². The molecule has 0 atom stereocenters. The molecule has 0 radical (unpaired) electrons. The Kier molecular flexibility index (Phi) is 3.34. The largest absolute Gasteiger partial charge is 0.397 e. The van der Waals surface area contributed by atoms with Crippen molar-refractivity contribution in [3.8, 4) is 0 Å². The van der Waals surface area contributed by atoms with Gasteiger partial charge in [0, 0.05) is 13.2 Å². The van der Waals surface area contributed by atoms with E-state index in [0.29, 0.717) is 17.1 Å². The van der Waals surface area contributed by atoms with Crippen molar-refractivity contribution in [1.29, 1.82) is 0 Å². The van der Waals surface area contributed by atoms with E-state index in [1.165, 1.54) is 11.3 Å². The van der Waals surface area contributed by atoms with E-state index in [0.717, 1.165) is 21.6 Å². The lowest BCUT2D eigenvalue weighted by atomic mass is 10.2. The molecule has 0 aromatic carbocycles. The molecule has 108 valence electrons. The Hall–Kier alpha value is -2.41. The van der Waals surface area contributed by atoms with Crippen molar-refractivity contribution >= 4 is 33.1 Å². The van der Waals surface area contributed by atoms with Crippen LogP contribution in [0.25, 0.3) is 10.2 Å². The maximum atomic E-state index is 12.3. The van der Waals surface area contributed by atoms with Gasteiger partial charge < -0.3 is 11.1 Å². The summed E-state index contributed by atoms with van der Waals surface area (Å²) < 4.78 is 1.75. The number of fused-ring (bicyclic) bond motifs is 1. The van der Waals surface area contributed by atoms with Gasteiger partial charge in [-0.2, -0.15) is 5.10 Å². The van der Waals surface area contributed by atoms with Crippen molar-refractivity contribution < 1.29 is 4.79 Å². The molecule has 3 aromatic rings. The third-order valence-corrected chi connectivity index (χ3v) is 4.52. The molecule has 21 heavy (non-hydrogen) atoms. The van der Waals surface area contributed by atoms with Crippen LogP contribution < -0.4 is 11.1 Å². The number of anilines is 1. The zero-order valence-corrected chi connectivity index (χ0v) is 12.6. The van der Waals surface area contributed by atoms with E-state index in [1.807, 2.05) is 32.2 Å². The van der Waals surface area contributed by atoms with Crippen LogP contribution in [0.15, 0.2) is 24.4 Å². The van der Waals surface area contributed by atoms with E-state index in [4.69, 9.17) is 5.73 Å². The summed E-state index contributed by atoms with van der Waals surface area (Å²) in [6.07, 6.45) is 1.70. The van der Waals surface area contributed by atoms with E-state index in [2.05, 4.69) is 15.4 Å². The number of hydrogen-bond acceptors (Lipinski definition) is 5. The summed E-state index contributed by atoms with van der Waals surface area (Å²) in [5, 5.41) is 8.02. The van der Waals surface area contributed by atoms with Gasteiger partial charge in [-0.15, -0.1) is 11.3 Å². The molecule has 0 aliphatic carbocycles. The monoisotopic (exact) mass is 301 g/mol. The molecule has 0 aliphatic heterocycles. The lowest BCUT2D eigenvalue weighted by molar-refractivity contribution is 0.0955. The van der Waals surface area contributed by atoms with Gasteiger partial charge in [-0.1, -0.05) is 6.07 Å². The van der Waals surface area contributed by atoms with Gasteiger partial charge in [0.1, 0.15) is 9.71 Å². The molecule has 0 aliphatic rings. The van der Waals surface area contributed by atoms with E-state index in [-0.39, 0.29) is 5.91 Å². The first-order chi connectivity index (χ1) is 10.1. The van der Waals surface area contributed by atoms with Crippen LogP contribution in [0.1, 0.15) is 21.1 Å². The summed E-state index contributed by atoms with van der Waals surface area (Å²) in [4.78, 5) is 17.9. The lowest BCUT2D eigenvalue weighted by Crippen LogP contribution is -2.23. The predicted octanol–water partition coefficient (Wildman–Crippen LogP) is 1.85. The highest BCUT2D eigenvalue weighted by Crippen LogP contribution is 2.35. The van der Waals surface area contributed by atoms with Crippen LogP contribution in [-0.4, -0.2) is 20.7 Å². The van der Waals surface area contributed by atoms with Gasteiger partial charge in [-0.05, 0) is 19.1 Å². The Balaban J connectivity index is 1.85. The quantitative estimate of drug-likeness (QED) is 0.773. The minimum Gasteiger partial charge on any atom is -0.397 e. The smallest absolute Gasteiger partial charge is 0.263 e. The van der Waals surface area contributed by atoms with Crippen LogP contribution in [-0.2, 0) is 13.6 Å². The summed E-state index contributed by atoms with van der Waals surface area (Å²) in [5.74, 6) is -0.182. The van der Waals surface area contributed by atoms with Crippen molar-refractivity contribution in [3.05, 3.63) is 40.7 Å². The number of carbonyl (C=O) groups is 1. The van der Waals surface area contributed by atoms with Crippen LogP contribution in [0.4, 0.5) is 5.69 Å². The maximum Gasteiger partial charge on any atom is 0.263 e. The van der Waals surface area contributed by atoms with Gasteiger partial charge >= 0.3 is 0 Å². The van der Waals surface area contributed by atoms with Crippen LogP contribution in [0.3, 0.4) is 0 Å². The van der Waals surface area contributed by atoms with Gasteiger partial charge in [0.15, 0.2) is 0 Å². The average Bonchev–Trinajstić information content (AvgIpc) is 2.97. The normalized spacial score (nSPS) is 11.0. The molecule has 7 heteroatoms. The molecule has 3 N–H and O–H groups in total. The maximum absolute atomic E-state index is 12.3. The number of nitrogen functional groups attached to an aromatic ring is 1. The predicted molar refractivity (Wildman–Crippen MR) is 83.1 cm³/mol. The molecular weight excluding hydrogens is 286 g/mol. The first-order valence-corrected chi connectivity index (χ1v) is 7.29. The van der Waals surface area contributed by atoms with Gasteiger partial charge in [0.05, 0.1) is 29.0 Å². The minimum atomic E-state index is -0.182. The summed E-state index contributed by atoms with van der Waals surface area (Å²) >= 11 is 1.36. The number of nitrogens with zero attached hydrogens (tertiary/aromatic N) is 3. The van der Waals surface area contributed by atoms with Gasteiger partial charge in [0.2, 0.25) is 0 Å². The number of amides is 1. The minimum absolute atomic E-state index is 0.182. The van der Waals surface area contributed by atoms with Crippen molar-refractivity contribution in [2.24, 2.45) is 7.05 Å². The van der Waals surface area contributed by atoms with Gasteiger partial charge in [-0.3, -0.25) is 14.5 Å². The summed E-state index contributed by atoms with van der Waals surface area (Å²) in [6, 6.07) is 5.59. The molecule has 0 saturated carbocycles. The van der Waals surface area contributed by atoms with Crippen LogP contribution in [0.5, 0.6) is 0 Å². The number of rotatable bonds is 3. The first-order valence-electron chi connectivity index (χ1n) is 6.47. The third kappa shape index (κ3) is 2.36. The number of nitrogens with one attached hydrogen (secondary N) is 1. The van der Waals surface area contributed by atoms with Crippen LogP contribution >= 0.6 is 11.3 Å².